The van der Waals surface area contributed by atoms with E-state index < -0.39 is 11.6 Å². The average molecular weight is 226 g/mol. The molecule has 0 amide bonds. The van der Waals surface area contributed by atoms with E-state index in [0.717, 1.165) is 17.7 Å². The molecule has 1 unspecified atom stereocenters. The molecule has 0 saturated heterocycles. The van der Waals surface area contributed by atoms with Crippen molar-refractivity contribution in [1.82, 2.24) is 0 Å². The quantitative estimate of drug-likeness (QED) is 0.823. The molecule has 1 aromatic rings. The highest BCUT2D eigenvalue weighted by atomic mass is 32.1. The number of hydrogen-bond acceptors (Lipinski definition) is 3. The second-order valence-corrected chi connectivity index (χ2v) is 5.49. The molecular formula is C11H14O3S. The fourth-order valence-corrected chi connectivity index (χ4v) is 3.30. The second-order valence-electron chi connectivity index (χ2n) is 4.27. The van der Waals surface area contributed by atoms with Crippen LogP contribution in [0, 0.1) is 0 Å². The molecule has 15 heavy (non-hydrogen) atoms. The number of carboxylic acids is 1. The lowest BCUT2D eigenvalue weighted by Crippen LogP contribution is -2.36. The molecule has 0 spiro atoms. The zero-order valence-electron chi connectivity index (χ0n) is 8.62. The highest BCUT2D eigenvalue weighted by Crippen LogP contribution is 2.32. The molecule has 0 aliphatic heterocycles. The van der Waals surface area contributed by atoms with E-state index >= 15 is 0 Å². The fourth-order valence-electron chi connectivity index (χ4n) is 1.89. The van der Waals surface area contributed by atoms with Crippen molar-refractivity contribution < 1.29 is 15.0 Å². The summed E-state index contributed by atoms with van der Waals surface area (Å²) in [5.74, 6) is -1.16. The smallest absolute Gasteiger partial charge is 0.335 e. The molecule has 4 heteroatoms. The van der Waals surface area contributed by atoms with Gasteiger partial charge in [0.15, 0.2) is 5.60 Å². The van der Waals surface area contributed by atoms with E-state index in [1.165, 1.54) is 23.8 Å². The predicted molar refractivity (Wildman–Crippen MR) is 58.3 cm³/mol. The summed E-state index contributed by atoms with van der Waals surface area (Å²) in [5.41, 5.74) is -0.297. The number of aliphatic carboxylic acids is 1. The van der Waals surface area contributed by atoms with Gasteiger partial charge in [-0.2, -0.15) is 0 Å². The van der Waals surface area contributed by atoms with E-state index in [1.54, 1.807) is 11.3 Å². The molecule has 1 aliphatic rings. The Morgan fingerprint density at radius 3 is 2.93 bits per heavy atom. The molecule has 0 bridgehead atoms. The van der Waals surface area contributed by atoms with Gasteiger partial charge in [-0.25, -0.2) is 4.79 Å². The molecule has 1 atom stereocenters. The minimum absolute atomic E-state index is 0.208. The van der Waals surface area contributed by atoms with Crippen molar-refractivity contribution in [2.24, 2.45) is 0 Å². The highest BCUT2D eigenvalue weighted by molar-refractivity contribution is 7.12. The second kappa shape index (κ2) is 3.61. The van der Waals surface area contributed by atoms with Gasteiger partial charge in [-0.3, -0.25) is 0 Å². The lowest BCUT2D eigenvalue weighted by atomic mass is 10.0. The Morgan fingerprint density at radius 2 is 2.33 bits per heavy atom. The predicted octanol–water partition coefficient (Wildman–Crippen LogP) is 1.61. The third kappa shape index (κ3) is 2.06. The summed E-state index contributed by atoms with van der Waals surface area (Å²) in [7, 11) is 0. The van der Waals surface area contributed by atoms with Gasteiger partial charge in [0.2, 0.25) is 0 Å². The van der Waals surface area contributed by atoms with Gasteiger partial charge in [-0.15, -0.1) is 11.3 Å². The number of hydrogen-bond donors (Lipinski definition) is 2. The first-order valence-electron chi connectivity index (χ1n) is 5.05. The van der Waals surface area contributed by atoms with Crippen LogP contribution in [-0.4, -0.2) is 21.8 Å². The summed E-state index contributed by atoms with van der Waals surface area (Å²) >= 11 is 1.64. The van der Waals surface area contributed by atoms with Crippen LogP contribution in [0.15, 0.2) is 6.07 Å². The van der Waals surface area contributed by atoms with Crippen LogP contribution in [0.4, 0.5) is 0 Å². The number of aryl methyl sites for hydroxylation is 2. The Hall–Kier alpha value is -0.870. The van der Waals surface area contributed by atoms with E-state index in [4.69, 9.17) is 5.11 Å². The van der Waals surface area contributed by atoms with Crippen LogP contribution in [-0.2, 0) is 24.1 Å². The third-order valence-corrected chi connectivity index (χ3v) is 4.01. The molecule has 3 nitrogen and oxygen atoms in total. The summed E-state index contributed by atoms with van der Waals surface area (Å²) in [6.45, 7) is 1.35. The van der Waals surface area contributed by atoms with Gasteiger partial charge < -0.3 is 10.2 Å². The number of rotatable bonds is 3. The van der Waals surface area contributed by atoms with Crippen LogP contribution in [0.25, 0.3) is 0 Å². The molecule has 0 radical (unpaired) electrons. The Bertz CT molecular complexity index is 371. The zero-order valence-corrected chi connectivity index (χ0v) is 9.43. The maximum absolute atomic E-state index is 10.8. The molecule has 2 N–H and O–H groups in total. The molecule has 2 rings (SSSR count). The van der Waals surface area contributed by atoms with Crippen LogP contribution in [0.5, 0.6) is 0 Å². The van der Waals surface area contributed by atoms with Crippen molar-refractivity contribution in [2.45, 2.75) is 38.2 Å². The van der Waals surface area contributed by atoms with E-state index in [2.05, 4.69) is 0 Å². The van der Waals surface area contributed by atoms with E-state index in [0.29, 0.717) is 0 Å². The van der Waals surface area contributed by atoms with Gasteiger partial charge in [-0.05, 0) is 37.8 Å². The third-order valence-electron chi connectivity index (χ3n) is 2.78. The Kier molecular flexibility index (Phi) is 2.56. The van der Waals surface area contributed by atoms with E-state index in [9.17, 15) is 9.90 Å². The van der Waals surface area contributed by atoms with Crippen LogP contribution >= 0.6 is 11.3 Å². The minimum Gasteiger partial charge on any atom is -0.479 e. The van der Waals surface area contributed by atoms with Gasteiger partial charge in [0.1, 0.15) is 0 Å². The van der Waals surface area contributed by atoms with Gasteiger partial charge in [0.25, 0.3) is 0 Å². The minimum atomic E-state index is -1.64. The van der Waals surface area contributed by atoms with Crippen molar-refractivity contribution in [2.75, 3.05) is 0 Å². The van der Waals surface area contributed by atoms with Crippen molar-refractivity contribution in [1.29, 1.82) is 0 Å². The summed E-state index contributed by atoms with van der Waals surface area (Å²) in [4.78, 5) is 13.1. The first-order valence-corrected chi connectivity index (χ1v) is 5.87. The van der Waals surface area contributed by atoms with Crippen LogP contribution in [0.3, 0.4) is 0 Å². The molecule has 1 aliphatic carbocycles. The first kappa shape index (κ1) is 10.6. The van der Waals surface area contributed by atoms with Gasteiger partial charge in [-0.1, -0.05) is 0 Å². The van der Waals surface area contributed by atoms with E-state index in [-0.39, 0.29) is 6.42 Å². The maximum atomic E-state index is 10.8. The lowest BCUT2D eigenvalue weighted by Gasteiger charge is -2.16. The van der Waals surface area contributed by atoms with Crippen LogP contribution in [0.1, 0.15) is 28.7 Å². The maximum Gasteiger partial charge on any atom is 0.335 e. The van der Waals surface area contributed by atoms with Crippen LogP contribution < -0.4 is 0 Å². The largest absolute Gasteiger partial charge is 0.479 e. The van der Waals surface area contributed by atoms with Crippen molar-refractivity contribution in [3.8, 4) is 0 Å². The van der Waals surface area contributed by atoms with Gasteiger partial charge in [0, 0.05) is 16.2 Å². The Labute approximate surface area is 92.4 Å². The van der Waals surface area contributed by atoms with Gasteiger partial charge >= 0.3 is 5.97 Å². The summed E-state index contributed by atoms with van der Waals surface area (Å²) in [6.07, 6.45) is 3.62. The molecular weight excluding hydrogens is 212 g/mol. The molecule has 0 fully saturated rings. The summed E-state index contributed by atoms with van der Waals surface area (Å²) in [6, 6.07) is 2.05. The number of carbonyl (C=O) groups is 1. The lowest BCUT2D eigenvalue weighted by molar-refractivity contribution is -0.156. The first-order chi connectivity index (χ1) is 6.99. The molecule has 0 saturated carbocycles. The standard InChI is InChI=1S/C11H14O3S/c1-11(14,10(12)13)6-8-5-7-3-2-4-9(7)15-8/h5,14H,2-4,6H2,1H3,(H,12,13). The van der Waals surface area contributed by atoms with Crippen molar-refractivity contribution >= 4 is 17.3 Å². The molecule has 1 heterocycles. The summed E-state index contributed by atoms with van der Waals surface area (Å²) < 4.78 is 0. The topological polar surface area (TPSA) is 57.5 Å². The summed E-state index contributed by atoms with van der Waals surface area (Å²) in [5, 5.41) is 18.4. The number of fused-ring (bicyclic) bond motifs is 1. The molecule has 82 valence electrons. The number of thiophene rings is 1. The Morgan fingerprint density at radius 1 is 1.60 bits per heavy atom. The molecule has 1 aromatic heterocycles. The zero-order chi connectivity index (χ0) is 11.1. The average Bonchev–Trinajstić information content (AvgIpc) is 2.62. The normalized spacial score (nSPS) is 18.5. The number of aliphatic hydroxyl groups is 1. The van der Waals surface area contributed by atoms with Crippen LogP contribution in [0.2, 0.25) is 0 Å². The fraction of sp³-hybridized carbons (Fsp3) is 0.545. The van der Waals surface area contributed by atoms with Crippen molar-refractivity contribution in [3.63, 3.8) is 0 Å². The van der Waals surface area contributed by atoms with E-state index in [1.807, 2.05) is 6.07 Å². The SMILES string of the molecule is CC(O)(Cc1cc2c(s1)CCC2)C(=O)O. The highest BCUT2D eigenvalue weighted by Gasteiger charge is 2.31. The monoisotopic (exact) mass is 226 g/mol. The van der Waals surface area contributed by atoms with Crippen molar-refractivity contribution in [3.05, 3.63) is 21.4 Å². The molecule has 0 aromatic carbocycles. The number of carboxylic acid groups (broad SMARTS) is 1. The Balaban J connectivity index is 2.15. The van der Waals surface area contributed by atoms with Gasteiger partial charge in [0.05, 0.1) is 0 Å².